The van der Waals surface area contributed by atoms with Crippen LogP contribution in [0, 0.1) is 0 Å². The molecule has 8 heteroatoms. The molecule has 1 rings (SSSR count). The Bertz CT molecular complexity index is 586. The van der Waals surface area contributed by atoms with Gasteiger partial charge in [0.1, 0.15) is 4.90 Å². The minimum Gasteiger partial charge on any atom is -0.399 e. The van der Waals surface area contributed by atoms with E-state index in [0.29, 0.717) is 17.9 Å². The molecule has 0 atom stereocenters. The van der Waals surface area contributed by atoms with Crippen molar-refractivity contribution in [2.75, 3.05) is 30.8 Å². The van der Waals surface area contributed by atoms with Crippen molar-refractivity contribution in [3.05, 3.63) is 18.2 Å². The Labute approximate surface area is 119 Å². The summed E-state index contributed by atoms with van der Waals surface area (Å²) in [7, 11) is -2.39. The lowest BCUT2D eigenvalue weighted by molar-refractivity contribution is -0.119. The molecule has 0 unspecified atom stereocenters. The van der Waals surface area contributed by atoms with Gasteiger partial charge in [0.2, 0.25) is 15.9 Å². The van der Waals surface area contributed by atoms with Gasteiger partial charge in [-0.3, -0.25) is 4.79 Å². The molecule has 0 radical (unpaired) electrons. The summed E-state index contributed by atoms with van der Waals surface area (Å²) in [5.74, 6) is -0.212. The predicted molar refractivity (Wildman–Crippen MR) is 78.8 cm³/mol. The highest BCUT2D eigenvalue weighted by atomic mass is 32.2. The van der Waals surface area contributed by atoms with Gasteiger partial charge in [-0.2, -0.15) is 0 Å². The molecule has 1 aromatic carbocycles. The van der Waals surface area contributed by atoms with Crippen molar-refractivity contribution >= 4 is 27.3 Å². The van der Waals surface area contributed by atoms with E-state index in [4.69, 9.17) is 10.9 Å². The summed E-state index contributed by atoms with van der Waals surface area (Å²) in [6, 6.07) is 4.45. The van der Waals surface area contributed by atoms with Crippen molar-refractivity contribution in [3.8, 4) is 0 Å². The first kappa shape index (κ1) is 16.3. The number of primary sulfonamides is 1. The van der Waals surface area contributed by atoms with Gasteiger partial charge in [0.15, 0.2) is 0 Å². The molecule has 7 nitrogen and oxygen atoms in total. The molecule has 1 amide bonds. The Balaban J connectivity index is 3.29. The van der Waals surface area contributed by atoms with Gasteiger partial charge in [0.05, 0.1) is 12.2 Å². The van der Waals surface area contributed by atoms with E-state index in [1.807, 2.05) is 6.92 Å². The molecule has 20 heavy (non-hydrogen) atoms. The predicted octanol–water partition coefficient (Wildman–Crippen LogP) is -0.121. The number of anilines is 2. The minimum absolute atomic E-state index is 0.0524. The summed E-state index contributed by atoms with van der Waals surface area (Å²) < 4.78 is 23.3. The summed E-state index contributed by atoms with van der Waals surface area (Å²) in [6.07, 6.45) is 0.755. The molecule has 0 aliphatic rings. The monoisotopic (exact) mass is 300 g/mol. The zero-order valence-electron chi connectivity index (χ0n) is 11.6. The number of likely N-dealkylation sites (N-methyl/N-ethyl adjacent to an activating group) is 1. The molecule has 0 aromatic heterocycles. The molecule has 0 saturated carbocycles. The number of amides is 1. The van der Waals surface area contributed by atoms with Crippen LogP contribution in [0.3, 0.4) is 0 Å². The van der Waals surface area contributed by atoms with Gasteiger partial charge in [-0.05, 0) is 24.6 Å². The topological polar surface area (TPSA) is 119 Å². The van der Waals surface area contributed by atoms with Crippen molar-refractivity contribution in [2.24, 2.45) is 5.14 Å². The van der Waals surface area contributed by atoms with Crippen molar-refractivity contribution in [1.82, 2.24) is 5.32 Å². The Kier molecular flexibility index (Phi) is 5.34. The number of carbonyl (C=O) groups excluding carboxylic acids is 1. The Morgan fingerprint density at radius 3 is 2.55 bits per heavy atom. The fraction of sp³-hybridized carbons (Fsp3) is 0.417. The second-order valence-electron chi connectivity index (χ2n) is 4.37. The molecule has 0 aliphatic carbocycles. The van der Waals surface area contributed by atoms with E-state index < -0.39 is 10.0 Å². The molecule has 112 valence electrons. The second-order valence-corrected chi connectivity index (χ2v) is 5.90. The fourth-order valence-electron chi connectivity index (χ4n) is 1.83. The average molecular weight is 300 g/mol. The lowest BCUT2D eigenvalue weighted by atomic mass is 10.2. The van der Waals surface area contributed by atoms with Crippen molar-refractivity contribution in [1.29, 1.82) is 0 Å². The van der Waals surface area contributed by atoms with Crippen LogP contribution < -0.4 is 21.1 Å². The van der Waals surface area contributed by atoms with Crippen LogP contribution >= 0.6 is 0 Å². The van der Waals surface area contributed by atoms with Gasteiger partial charge in [-0.1, -0.05) is 6.92 Å². The average Bonchev–Trinajstić information content (AvgIpc) is 2.37. The number of sulfonamides is 1. The number of hydrogen-bond acceptors (Lipinski definition) is 5. The number of benzene rings is 1. The molecular formula is C12H20N4O3S. The number of hydrogen-bond donors (Lipinski definition) is 3. The van der Waals surface area contributed by atoms with Crippen LogP contribution in [0.25, 0.3) is 0 Å². The Hall–Kier alpha value is -1.80. The normalized spacial score (nSPS) is 11.2. The maximum atomic E-state index is 11.7. The number of nitrogens with one attached hydrogen (secondary N) is 1. The van der Waals surface area contributed by atoms with Crippen LogP contribution in [-0.4, -0.2) is 34.5 Å². The molecule has 1 aromatic rings. The van der Waals surface area contributed by atoms with Crippen LogP contribution in [0.2, 0.25) is 0 Å². The minimum atomic E-state index is -3.92. The Morgan fingerprint density at radius 2 is 2.05 bits per heavy atom. The second kappa shape index (κ2) is 6.58. The lowest BCUT2D eigenvalue weighted by Gasteiger charge is -2.25. The van der Waals surface area contributed by atoms with E-state index in [0.717, 1.165) is 6.42 Å². The molecule has 0 saturated heterocycles. The van der Waals surface area contributed by atoms with E-state index in [1.54, 1.807) is 17.0 Å². The van der Waals surface area contributed by atoms with E-state index in [1.165, 1.54) is 13.1 Å². The third kappa shape index (κ3) is 4.10. The number of nitrogens with two attached hydrogens (primary N) is 2. The molecular weight excluding hydrogens is 280 g/mol. The number of rotatable bonds is 6. The van der Waals surface area contributed by atoms with Crippen molar-refractivity contribution in [2.45, 2.75) is 18.2 Å². The summed E-state index contributed by atoms with van der Waals surface area (Å²) in [5, 5.41) is 7.72. The summed E-state index contributed by atoms with van der Waals surface area (Å²) in [4.78, 5) is 13.1. The SMILES string of the molecule is CCCN(CC(=O)NC)c1ccc(N)cc1S(N)(=O)=O. The van der Waals surface area contributed by atoms with Gasteiger partial charge in [0.25, 0.3) is 0 Å². The third-order valence-corrected chi connectivity index (χ3v) is 3.68. The van der Waals surface area contributed by atoms with Crippen molar-refractivity contribution < 1.29 is 13.2 Å². The van der Waals surface area contributed by atoms with E-state index in [-0.39, 0.29) is 17.3 Å². The number of nitrogen functional groups attached to an aromatic ring is 1. The zero-order valence-corrected chi connectivity index (χ0v) is 12.4. The first-order chi connectivity index (χ1) is 9.29. The van der Waals surface area contributed by atoms with Crippen molar-refractivity contribution in [3.63, 3.8) is 0 Å². The first-order valence-electron chi connectivity index (χ1n) is 6.17. The molecule has 5 N–H and O–H groups in total. The van der Waals surface area contributed by atoms with Crippen LogP contribution in [0.4, 0.5) is 11.4 Å². The van der Waals surface area contributed by atoms with Gasteiger partial charge >= 0.3 is 0 Å². The smallest absolute Gasteiger partial charge is 0.240 e. The largest absolute Gasteiger partial charge is 0.399 e. The number of nitrogens with zero attached hydrogens (tertiary/aromatic N) is 1. The third-order valence-electron chi connectivity index (χ3n) is 2.74. The van der Waals surface area contributed by atoms with E-state index >= 15 is 0 Å². The zero-order chi connectivity index (χ0) is 15.3. The highest BCUT2D eigenvalue weighted by Gasteiger charge is 2.20. The van der Waals surface area contributed by atoms with E-state index in [2.05, 4.69) is 5.32 Å². The van der Waals surface area contributed by atoms with E-state index in [9.17, 15) is 13.2 Å². The van der Waals surface area contributed by atoms with Crippen LogP contribution in [0.15, 0.2) is 23.1 Å². The van der Waals surface area contributed by atoms with Crippen LogP contribution in [0.5, 0.6) is 0 Å². The molecule has 0 heterocycles. The standard InChI is InChI=1S/C12H20N4O3S/c1-3-6-16(8-12(17)15-2)10-5-4-9(13)7-11(10)20(14,18)19/h4-5,7H,3,6,8,13H2,1-2H3,(H,15,17)(H2,14,18,19). The summed E-state index contributed by atoms with van der Waals surface area (Å²) in [5.41, 5.74) is 6.29. The van der Waals surface area contributed by atoms with Crippen LogP contribution in [0.1, 0.15) is 13.3 Å². The Morgan fingerprint density at radius 1 is 1.40 bits per heavy atom. The van der Waals surface area contributed by atoms with Gasteiger partial charge in [0, 0.05) is 19.3 Å². The van der Waals surface area contributed by atoms with Gasteiger partial charge in [-0.15, -0.1) is 0 Å². The molecule has 0 bridgehead atoms. The fourth-order valence-corrected chi connectivity index (χ4v) is 2.62. The van der Waals surface area contributed by atoms with Gasteiger partial charge < -0.3 is 16.0 Å². The highest BCUT2D eigenvalue weighted by molar-refractivity contribution is 7.89. The summed E-state index contributed by atoms with van der Waals surface area (Å²) >= 11 is 0. The quantitative estimate of drug-likeness (QED) is 0.633. The summed E-state index contributed by atoms with van der Waals surface area (Å²) in [6.45, 7) is 2.52. The van der Waals surface area contributed by atoms with Crippen LogP contribution in [-0.2, 0) is 14.8 Å². The van der Waals surface area contributed by atoms with Gasteiger partial charge in [-0.25, -0.2) is 13.6 Å². The highest BCUT2D eigenvalue weighted by Crippen LogP contribution is 2.26. The lowest BCUT2D eigenvalue weighted by Crippen LogP contribution is -2.37. The first-order valence-corrected chi connectivity index (χ1v) is 7.72. The molecule has 0 fully saturated rings. The maximum absolute atomic E-state index is 11.7. The maximum Gasteiger partial charge on any atom is 0.240 e. The molecule has 0 spiro atoms. The molecule has 0 aliphatic heterocycles. The number of carbonyl (C=O) groups is 1.